The Kier molecular flexibility index (Phi) is 6.72. The largest absolute Gasteiger partial charge is 0.490 e. The number of aromatic nitrogens is 1. The summed E-state index contributed by atoms with van der Waals surface area (Å²) in [7, 11) is 0. The van der Waals surface area contributed by atoms with Gasteiger partial charge in [-0.3, -0.25) is 14.6 Å². The minimum atomic E-state index is -0.712. The van der Waals surface area contributed by atoms with Crippen LogP contribution in [0.25, 0.3) is 11.0 Å². The van der Waals surface area contributed by atoms with Gasteiger partial charge in [-0.25, -0.2) is 0 Å². The average molecular weight is 517 g/mol. The second-order valence-corrected chi connectivity index (χ2v) is 9.11. The minimum absolute atomic E-state index is 0.0260. The zero-order chi connectivity index (χ0) is 26.1. The number of halogens is 1. The fourth-order valence-electron chi connectivity index (χ4n) is 4.57. The lowest BCUT2D eigenvalue weighted by molar-refractivity contribution is 0.0714. The number of rotatable bonds is 8. The SMILES string of the molecule is C=CCOc1ccc(C2c3c(oc4cc(C)c(Cl)cc4c3=O)C(=O)N2Cc2cccnc2)cc1OCC. The zero-order valence-corrected chi connectivity index (χ0v) is 21.2. The van der Waals surface area contributed by atoms with Crippen LogP contribution in [0.1, 0.15) is 45.8 Å². The van der Waals surface area contributed by atoms with E-state index in [0.717, 1.165) is 11.1 Å². The third-order valence-electron chi connectivity index (χ3n) is 6.26. The number of hydrogen-bond acceptors (Lipinski definition) is 6. The van der Waals surface area contributed by atoms with Gasteiger partial charge in [0.15, 0.2) is 16.9 Å². The second-order valence-electron chi connectivity index (χ2n) is 8.71. The van der Waals surface area contributed by atoms with Gasteiger partial charge in [0, 0.05) is 24.0 Å². The Morgan fingerprint density at radius 3 is 2.73 bits per heavy atom. The van der Waals surface area contributed by atoms with Crippen LogP contribution >= 0.6 is 11.6 Å². The number of ether oxygens (including phenoxy) is 2. The van der Waals surface area contributed by atoms with Crippen LogP contribution in [-0.2, 0) is 6.54 Å². The zero-order valence-electron chi connectivity index (χ0n) is 20.5. The van der Waals surface area contributed by atoms with Gasteiger partial charge in [0.2, 0.25) is 5.76 Å². The van der Waals surface area contributed by atoms with Gasteiger partial charge in [-0.2, -0.15) is 0 Å². The molecule has 0 N–H and O–H groups in total. The molecule has 3 heterocycles. The highest BCUT2D eigenvalue weighted by Gasteiger charge is 2.43. The number of hydrogen-bond donors (Lipinski definition) is 0. The van der Waals surface area contributed by atoms with E-state index in [2.05, 4.69) is 11.6 Å². The first-order chi connectivity index (χ1) is 17.9. The van der Waals surface area contributed by atoms with Crippen LogP contribution in [0.15, 0.2) is 76.7 Å². The first-order valence-corrected chi connectivity index (χ1v) is 12.3. The predicted octanol–water partition coefficient (Wildman–Crippen LogP) is 5.86. The number of benzene rings is 2. The standard InChI is InChI=1S/C29H25ClN2O5/c1-4-11-36-22-9-8-19(13-24(22)35-5-2)26-25-27(33)20-14-21(30)17(3)12-23(20)37-28(25)29(34)32(26)16-18-7-6-10-31-15-18/h4,6-10,12-15,26H,1,5,11,16H2,2-3H3. The highest BCUT2D eigenvalue weighted by molar-refractivity contribution is 6.32. The van der Waals surface area contributed by atoms with Gasteiger partial charge in [0.05, 0.1) is 23.6 Å². The number of pyridine rings is 1. The topological polar surface area (TPSA) is 81.9 Å². The van der Waals surface area contributed by atoms with Crippen LogP contribution in [0.4, 0.5) is 0 Å². The van der Waals surface area contributed by atoms with Crippen molar-refractivity contribution < 1.29 is 18.7 Å². The van der Waals surface area contributed by atoms with Crippen LogP contribution < -0.4 is 14.9 Å². The van der Waals surface area contributed by atoms with Crippen molar-refractivity contribution >= 4 is 28.5 Å². The molecule has 1 aliphatic heterocycles. The van der Waals surface area contributed by atoms with E-state index in [-0.39, 0.29) is 29.2 Å². The molecule has 4 aromatic rings. The molecule has 0 saturated carbocycles. The predicted molar refractivity (Wildman–Crippen MR) is 141 cm³/mol. The first-order valence-electron chi connectivity index (χ1n) is 11.9. The van der Waals surface area contributed by atoms with Crippen molar-refractivity contribution in [3.05, 3.63) is 111 Å². The van der Waals surface area contributed by atoms with Crippen molar-refractivity contribution in [2.24, 2.45) is 0 Å². The molecule has 1 aliphatic rings. The molecule has 5 rings (SSSR count). The van der Waals surface area contributed by atoms with Crippen molar-refractivity contribution in [2.75, 3.05) is 13.2 Å². The summed E-state index contributed by atoms with van der Waals surface area (Å²) >= 11 is 6.34. The quantitative estimate of drug-likeness (QED) is 0.273. The van der Waals surface area contributed by atoms with Crippen LogP contribution in [0.3, 0.4) is 0 Å². The number of nitrogens with zero attached hydrogens (tertiary/aromatic N) is 2. The fraction of sp³-hybridized carbons (Fsp3) is 0.207. The summed E-state index contributed by atoms with van der Waals surface area (Å²) < 4.78 is 17.7. The van der Waals surface area contributed by atoms with E-state index in [4.69, 9.17) is 25.5 Å². The van der Waals surface area contributed by atoms with Crippen molar-refractivity contribution in [3.8, 4) is 11.5 Å². The average Bonchev–Trinajstić information content (AvgIpc) is 3.17. The number of carbonyl (C=O) groups is 1. The van der Waals surface area contributed by atoms with Gasteiger partial charge in [0.1, 0.15) is 12.2 Å². The lowest BCUT2D eigenvalue weighted by atomic mass is 9.97. The Balaban J connectivity index is 1.71. The smallest absolute Gasteiger partial charge is 0.291 e. The van der Waals surface area contributed by atoms with Gasteiger partial charge < -0.3 is 18.8 Å². The molecule has 0 radical (unpaired) electrons. The summed E-state index contributed by atoms with van der Waals surface area (Å²) in [5.41, 5.74) is 2.56. The number of carbonyl (C=O) groups excluding carboxylic acids is 1. The van der Waals surface area contributed by atoms with Gasteiger partial charge in [0.25, 0.3) is 5.91 Å². The Morgan fingerprint density at radius 1 is 1.16 bits per heavy atom. The lowest BCUT2D eigenvalue weighted by Gasteiger charge is -2.26. The molecule has 188 valence electrons. The Hall–Kier alpha value is -4.10. The molecular weight excluding hydrogens is 492 g/mol. The summed E-state index contributed by atoms with van der Waals surface area (Å²) in [6.45, 7) is 8.34. The highest BCUT2D eigenvalue weighted by Crippen LogP contribution is 2.42. The summed E-state index contributed by atoms with van der Waals surface area (Å²) in [5, 5.41) is 0.779. The second kappa shape index (κ2) is 10.1. The molecule has 37 heavy (non-hydrogen) atoms. The molecular formula is C29H25ClN2O5. The molecule has 0 spiro atoms. The minimum Gasteiger partial charge on any atom is -0.490 e. The first kappa shape index (κ1) is 24.6. The number of aryl methyl sites for hydroxylation is 1. The maximum atomic E-state index is 13.9. The van der Waals surface area contributed by atoms with E-state index < -0.39 is 6.04 Å². The molecule has 0 aliphatic carbocycles. The van der Waals surface area contributed by atoms with E-state index in [1.54, 1.807) is 53.7 Å². The van der Waals surface area contributed by atoms with Crippen molar-refractivity contribution in [2.45, 2.75) is 26.4 Å². The molecule has 0 fully saturated rings. The molecule has 0 saturated heterocycles. The maximum absolute atomic E-state index is 13.9. The van der Waals surface area contributed by atoms with Gasteiger partial charge in [-0.05, 0) is 60.9 Å². The van der Waals surface area contributed by atoms with E-state index in [9.17, 15) is 9.59 Å². The number of fused-ring (bicyclic) bond motifs is 2. The molecule has 2 aromatic heterocycles. The van der Waals surface area contributed by atoms with Gasteiger partial charge in [-0.1, -0.05) is 36.4 Å². The van der Waals surface area contributed by atoms with Gasteiger partial charge in [-0.15, -0.1) is 0 Å². The highest BCUT2D eigenvalue weighted by atomic mass is 35.5. The fourth-order valence-corrected chi connectivity index (χ4v) is 4.73. The van der Waals surface area contributed by atoms with Crippen LogP contribution in [-0.4, -0.2) is 29.0 Å². The normalized spacial score (nSPS) is 14.6. The Bertz CT molecular complexity index is 1560. The molecule has 0 bridgehead atoms. The third-order valence-corrected chi connectivity index (χ3v) is 6.67. The molecule has 8 heteroatoms. The summed E-state index contributed by atoms with van der Waals surface area (Å²) in [6, 6.07) is 11.7. The summed E-state index contributed by atoms with van der Waals surface area (Å²) in [4.78, 5) is 33.4. The van der Waals surface area contributed by atoms with Crippen LogP contribution in [0.5, 0.6) is 11.5 Å². The summed E-state index contributed by atoms with van der Waals surface area (Å²) in [6.07, 6.45) is 5.01. The van der Waals surface area contributed by atoms with Crippen molar-refractivity contribution in [1.82, 2.24) is 9.88 Å². The van der Waals surface area contributed by atoms with Crippen molar-refractivity contribution in [3.63, 3.8) is 0 Å². The monoisotopic (exact) mass is 516 g/mol. The summed E-state index contributed by atoms with van der Waals surface area (Å²) in [5.74, 6) is 0.702. The van der Waals surface area contributed by atoms with Crippen LogP contribution in [0, 0.1) is 6.92 Å². The van der Waals surface area contributed by atoms with E-state index >= 15 is 0 Å². The molecule has 1 atom stereocenters. The van der Waals surface area contributed by atoms with E-state index in [0.29, 0.717) is 46.3 Å². The molecule has 7 nitrogen and oxygen atoms in total. The molecule has 1 unspecified atom stereocenters. The molecule has 1 amide bonds. The third kappa shape index (κ3) is 4.47. The Morgan fingerprint density at radius 2 is 2.00 bits per heavy atom. The van der Waals surface area contributed by atoms with Crippen LogP contribution in [0.2, 0.25) is 5.02 Å². The Labute approximate surface area is 218 Å². The molecule has 2 aromatic carbocycles. The lowest BCUT2D eigenvalue weighted by Crippen LogP contribution is -2.29. The number of amides is 1. The van der Waals surface area contributed by atoms with Crippen molar-refractivity contribution in [1.29, 1.82) is 0 Å². The van der Waals surface area contributed by atoms with E-state index in [1.807, 2.05) is 26.0 Å². The maximum Gasteiger partial charge on any atom is 0.291 e. The van der Waals surface area contributed by atoms with E-state index in [1.165, 1.54) is 0 Å². The van der Waals surface area contributed by atoms with Gasteiger partial charge >= 0.3 is 0 Å².